The first-order chi connectivity index (χ1) is 29.3. The monoisotopic (exact) mass is 879 g/mol. The van der Waals surface area contributed by atoms with Crippen molar-refractivity contribution in [1.29, 1.82) is 0 Å². The van der Waals surface area contributed by atoms with Crippen LogP contribution in [0.5, 0.6) is 0 Å². The number of nitrogens with zero attached hydrogens (tertiary/aromatic N) is 6. The summed E-state index contributed by atoms with van der Waals surface area (Å²) in [7, 11) is 0. The molecule has 0 saturated heterocycles. The number of carbonyl (C=O) groups is 4. The molecule has 62 heavy (non-hydrogen) atoms. The fourth-order valence-corrected chi connectivity index (χ4v) is 7.74. The quantitative estimate of drug-likeness (QED) is 0.0692. The summed E-state index contributed by atoms with van der Waals surface area (Å²) in [6, 6.07) is 17.7. The van der Waals surface area contributed by atoms with Crippen LogP contribution in [0, 0.1) is 10.8 Å². The van der Waals surface area contributed by atoms with Crippen molar-refractivity contribution in [2.75, 3.05) is 6.61 Å². The first-order valence-electron chi connectivity index (χ1n) is 19.3. The number of fused-ring (bicyclic) bond motifs is 1. The number of alkyl carbamates (subject to hydrolysis) is 1. The van der Waals surface area contributed by atoms with Crippen LogP contribution in [0.25, 0.3) is 16.5 Å². The van der Waals surface area contributed by atoms with Crippen LogP contribution < -0.4 is 5.32 Å². The maximum atomic E-state index is 15.6. The third-order valence-electron chi connectivity index (χ3n) is 10.7. The van der Waals surface area contributed by atoms with Gasteiger partial charge in [-0.05, 0) is 71.0 Å². The molecule has 13 nitrogen and oxygen atoms in total. The van der Waals surface area contributed by atoms with Gasteiger partial charge >= 0.3 is 18.2 Å². The number of amides is 2. The highest BCUT2D eigenvalue weighted by molar-refractivity contribution is 6.32. The van der Waals surface area contributed by atoms with Gasteiger partial charge in [0.15, 0.2) is 17.6 Å². The second-order valence-corrected chi connectivity index (χ2v) is 16.7. The molecule has 5 aromatic rings. The Hall–Kier alpha value is -6.30. The van der Waals surface area contributed by atoms with E-state index in [0.29, 0.717) is 28.2 Å². The number of hydrogen-bond donors (Lipinski definition) is 1. The Morgan fingerprint density at radius 2 is 1.73 bits per heavy atom. The van der Waals surface area contributed by atoms with Crippen molar-refractivity contribution in [3.05, 3.63) is 119 Å². The lowest BCUT2D eigenvalue weighted by atomic mass is 9.75. The van der Waals surface area contributed by atoms with E-state index in [2.05, 4.69) is 20.4 Å². The zero-order valence-electron chi connectivity index (χ0n) is 33.5. The minimum Gasteiger partial charge on any atom is -0.463 e. The summed E-state index contributed by atoms with van der Waals surface area (Å²) in [5.74, 6) is -3.15. The predicted molar refractivity (Wildman–Crippen MR) is 214 cm³/mol. The molecule has 324 valence electrons. The lowest BCUT2D eigenvalue weighted by molar-refractivity contribution is -0.195. The van der Waals surface area contributed by atoms with E-state index in [1.165, 1.54) is 24.4 Å². The molecule has 1 N–H and O–H groups in total. The van der Waals surface area contributed by atoms with Gasteiger partial charge < -0.3 is 9.47 Å². The standard InChI is InChI=1S/C43H39ClF5N7O6/c1-40(2,3)23-42(28-10-11-29-26(17-28)13-16-50-31(29)20-57)37(59)55(38(54-42)53-39(60)62-21-25-7-5-4-6-8-25)33(22-61-34(58)19-41(14-15-41)43(47,48)49)27-9-12-30(44)32(18-27)56-36(35(45)46)51-24-52-56/h4-13,16-18,20,24,33,35H,14-15,19,21-23H2,1-3H3,(H,53,54,60)/t33-,42-/m1/s1. The second-order valence-electron chi connectivity index (χ2n) is 16.3. The molecule has 2 aromatic heterocycles. The van der Waals surface area contributed by atoms with E-state index in [4.69, 9.17) is 26.1 Å². The number of ether oxygens (including phenoxy) is 2. The number of aromatic nitrogens is 4. The fraction of sp³-hybridized carbons (Fsp3) is 0.349. The van der Waals surface area contributed by atoms with Crippen LogP contribution in [0.2, 0.25) is 5.02 Å². The van der Waals surface area contributed by atoms with Gasteiger partial charge in [0.05, 0.1) is 28.6 Å². The number of aliphatic imine (C=N–C) groups is 1. The van der Waals surface area contributed by atoms with Crippen molar-refractivity contribution in [2.45, 2.75) is 77.2 Å². The van der Waals surface area contributed by atoms with Crippen LogP contribution in [-0.4, -0.2) is 67.6 Å². The average molecular weight is 880 g/mol. The maximum Gasteiger partial charge on any atom is 0.414 e. The third-order valence-corrected chi connectivity index (χ3v) is 11.0. The summed E-state index contributed by atoms with van der Waals surface area (Å²) in [5.41, 5.74) is -3.73. The number of carbonyl (C=O) groups excluding carboxylic acids is 4. The molecule has 7 rings (SSSR count). The van der Waals surface area contributed by atoms with Gasteiger partial charge in [-0.1, -0.05) is 80.9 Å². The highest BCUT2D eigenvalue weighted by Crippen LogP contribution is 2.60. The largest absolute Gasteiger partial charge is 0.463 e. The second kappa shape index (κ2) is 16.9. The number of halogens is 6. The molecule has 0 radical (unpaired) electrons. The van der Waals surface area contributed by atoms with Crippen LogP contribution >= 0.6 is 11.6 Å². The highest BCUT2D eigenvalue weighted by Gasteiger charge is 2.64. The first-order valence-corrected chi connectivity index (χ1v) is 19.7. The number of benzene rings is 3. The van der Waals surface area contributed by atoms with E-state index in [1.807, 2.05) is 20.8 Å². The number of aldehydes is 1. The van der Waals surface area contributed by atoms with Crippen molar-refractivity contribution >= 4 is 52.6 Å². The molecule has 2 atom stereocenters. The van der Waals surface area contributed by atoms with Crippen molar-refractivity contribution in [1.82, 2.24) is 30.0 Å². The minimum atomic E-state index is -4.68. The molecular formula is C43H39ClF5N7O6. The van der Waals surface area contributed by atoms with Crippen molar-refractivity contribution in [2.24, 2.45) is 15.8 Å². The number of nitrogens with one attached hydrogen (secondary N) is 1. The summed E-state index contributed by atoms with van der Waals surface area (Å²) >= 11 is 6.53. The third kappa shape index (κ3) is 8.87. The van der Waals surface area contributed by atoms with E-state index in [-0.39, 0.29) is 53.8 Å². The lowest BCUT2D eigenvalue weighted by Gasteiger charge is -2.35. The van der Waals surface area contributed by atoms with Crippen LogP contribution in [0.4, 0.5) is 26.7 Å². The topological polar surface area (TPSA) is 158 Å². The lowest BCUT2D eigenvalue weighted by Crippen LogP contribution is -2.49. The van der Waals surface area contributed by atoms with Gasteiger partial charge in [0, 0.05) is 11.6 Å². The van der Waals surface area contributed by atoms with Gasteiger partial charge in [-0.15, -0.1) is 0 Å². The Balaban J connectivity index is 1.38. The summed E-state index contributed by atoms with van der Waals surface area (Å²) in [6.45, 7) is 4.58. The Morgan fingerprint density at radius 3 is 2.39 bits per heavy atom. The number of guanidine groups is 1. The Kier molecular flexibility index (Phi) is 11.9. The minimum absolute atomic E-state index is 0.000112. The molecule has 3 aromatic carbocycles. The number of pyridine rings is 1. The molecular weight excluding hydrogens is 841 g/mol. The predicted octanol–water partition coefficient (Wildman–Crippen LogP) is 8.99. The van der Waals surface area contributed by atoms with Crippen molar-refractivity contribution in [3.63, 3.8) is 0 Å². The smallest absolute Gasteiger partial charge is 0.414 e. The molecule has 2 amide bonds. The molecule has 1 fully saturated rings. The number of hydrogen-bond acceptors (Lipinski definition) is 10. The molecule has 0 bridgehead atoms. The van der Waals surface area contributed by atoms with Gasteiger partial charge in [0.25, 0.3) is 12.3 Å². The van der Waals surface area contributed by atoms with E-state index in [9.17, 15) is 36.3 Å². The van der Waals surface area contributed by atoms with Gasteiger partial charge in [-0.3, -0.25) is 29.6 Å². The summed E-state index contributed by atoms with van der Waals surface area (Å²) in [4.78, 5) is 68.1. The highest BCUT2D eigenvalue weighted by atomic mass is 35.5. The summed E-state index contributed by atoms with van der Waals surface area (Å²) in [6.07, 6.45) is -7.47. The van der Waals surface area contributed by atoms with Gasteiger partial charge in [-0.2, -0.15) is 18.3 Å². The van der Waals surface area contributed by atoms with Crippen LogP contribution in [0.15, 0.2) is 90.3 Å². The van der Waals surface area contributed by atoms with E-state index < -0.39 is 71.8 Å². The SMILES string of the molecule is CC(C)(C)C[C@]1(c2ccc3c(C=O)nccc3c2)N=C(NC(=O)OCc2ccccc2)N([C@H](COC(=O)CC2(C(F)(F)F)CC2)c2ccc(Cl)c(-n3ncnc3C(F)F)c2)C1=O. The van der Waals surface area contributed by atoms with Crippen molar-refractivity contribution in [3.8, 4) is 5.69 Å². The molecule has 1 saturated carbocycles. The van der Waals surface area contributed by atoms with Crippen molar-refractivity contribution < 1.29 is 50.6 Å². The van der Waals surface area contributed by atoms with Crippen LogP contribution in [0.1, 0.15) is 91.9 Å². The first kappa shape index (κ1) is 43.8. The molecule has 19 heteroatoms. The van der Waals surface area contributed by atoms with Crippen LogP contribution in [0.3, 0.4) is 0 Å². The van der Waals surface area contributed by atoms with E-state index >= 15 is 4.79 Å². The Morgan fingerprint density at radius 1 is 0.984 bits per heavy atom. The average Bonchev–Trinajstić information content (AvgIpc) is 3.76. The maximum absolute atomic E-state index is 15.6. The molecule has 1 aliphatic heterocycles. The summed E-state index contributed by atoms with van der Waals surface area (Å²) in [5, 5.41) is 7.41. The van der Waals surface area contributed by atoms with Gasteiger partial charge in [0.2, 0.25) is 5.96 Å². The Bertz CT molecular complexity index is 2560. The molecule has 0 unspecified atom stereocenters. The number of esters is 1. The van der Waals surface area contributed by atoms with Gasteiger partial charge in [0.1, 0.15) is 25.2 Å². The molecule has 1 aliphatic carbocycles. The molecule has 0 spiro atoms. The van der Waals surface area contributed by atoms with Gasteiger partial charge in [-0.25, -0.2) is 28.2 Å². The number of alkyl halides is 5. The van der Waals surface area contributed by atoms with E-state index in [0.717, 1.165) is 15.9 Å². The zero-order valence-corrected chi connectivity index (χ0v) is 34.2. The summed E-state index contributed by atoms with van der Waals surface area (Å²) < 4.78 is 81.9. The molecule has 3 heterocycles. The van der Waals surface area contributed by atoms with Crippen LogP contribution in [-0.2, 0) is 31.2 Å². The molecule has 2 aliphatic rings. The Labute approximate surface area is 356 Å². The fourth-order valence-electron chi connectivity index (χ4n) is 7.55. The van der Waals surface area contributed by atoms with E-state index in [1.54, 1.807) is 54.6 Å². The normalized spacial score (nSPS) is 17.8. The zero-order chi connectivity index (χ0) is 44.6. The number of rotatable bonds is 13.